The summed E-state index contributed by atoms with van der Waals surface area (Å²) >= 11 is 26.3. The molecule has 0 radical (unpaired) electrons. The Morgan fingerprint density at radius 3 is 2.45 bits per heavy atom. The fraction of sp³-hybridized carbons (Fsp3) is 1.00. The number of rotatable bonds is 10. The molecule has 0 N–H and O–H groups in total. The molecule has 1 aliphatic heterocycles. The topological polar surface area (TPSA) is 0 Å². The van der Waals surface area contributed by atoms with Crippen LogP contribution >= 0.6 is 97.6 Å². The van der Waals surface area contributed by atoms with Crippen molar-refractivity contribution in [1.29, 1.82) is 0 Å². The van der Waals surface area contributed by atoms with Gasteiger partial charge in [-0.15, -0.1) is 0 Å². The van der Waals surface area contributed by atoms with Gasteiger partial charge in [-0.2, -0.15) is 97.6 Å². The molecule has 0 spiro atoms. The quantitative estimate of drug-likeness (QED) is 0.307. The molecule has 1 saturated heterocycles. The summed E-state index contributed by atoms with van der Waals surface area (Å²) in [6.07, 6.45) is 0. The molecule has 120 valence electrons. The van der Waals surface area contributed by atoms with Crippen LogP contribution < -0.4 is 0 Å². The highest BCUT2D eigenvalue weighted by Crippen LogP contribution is 2.44. The zero-order valence-corrected chi connectivity index (χ0v) is 18.3. The Hall–Kier alpha value is 2.80. The van der Waals surface area contributed by atoms with Crippen LogP contribution in [0.2, 0.25) is 0 Å². The number of thiol groups is 4. The molecular weight excluding hydrogens is 401 g/mol. The van der Waals surface area contributed by atoms with Crippen LogP contribution in [0.15, 0.2) is 0 Å². The van der Waals surface area contributed by atoms with E-state index in [1.54, 1.807) is 0 Å². The Kier molecular flexibility index (Phi) is 12.7. The van der Waals surface area contributed by atoms with Gasteiger partial charge in [0, 0.05) is 61.3 Å². The molecule has 1 aliphatic rings. The third kappa shape index (κ3) is 7.14. The average Bonchev–Trinajstić information content (AvgIpc) is 2.50. The van der Waals surface area contributed by atoms with Crippen molar-refractivity contribution < 1.29 is 0 Å². The van der Waals surface area contributed by atoms with E-state index in [9.17, 15) is 0 Å². The summed E-state index contributed by atoms with van der Waals surface area (Å²) in [6.45, 7) is 0. The lowest BCUT2D eigenvalue weighted by atomic mass is 10.1. The van der Waals surface area contributed by atoms with Crippen molar-refractivity contribution in [2.24, 2.45) is 0 Å². The Bertz CT molecular complexity index is 242. The normalized spacial score (nSPS) is 28.5. The van der Waals surface area contributed by atoms with Crippen molar-refractivity contribution in [3.63, 3.8) is 0 Å². The van der Waals surface area contributed by atoms with Gasteiger partial charge < -0.3 is 0 Å². The van der Waals surface area contributed by atoms with Gasteiger partial charge in [0.1, 0.15) is 0 Å². The zero-order chi connectivity index (χ0) is 14.8. The number of hydrogen-bond donors (Lipinski definition) is 4. The monoisotopic (exact) mass is 424 g/mol. The Labute approximate surface area is 163 Å². The van der Waals surface area contributed by atoms with E-state index >= 15 is 0 Å². The van der Waals surface area contributed by atoms with Gasteiger partial charge >= 0.3 is 0 Å². The van der Waals surface area contributed by atoms with E-state index < -0.39 is 0 Å². The lowest BCUT2D eigenvalue weighted by Crippen LogP contribution is -2.46. The van der Waals surface area contributed by atoms with Crippen molar-refractivity contribution in [2.45, 2.75) is 15.2 Å². The smallest absolute Gasteiger partial charge is 0.0462 e. The molecule has 0 aliphatic carbocycles. The van der Waals surface area contributed by atoms with E-state index in [0.717, 1.165) is 34.5 Å². The molecule has 0 bridgehead atoms. The highest BCUT2D eigenvalue weighted by atomic mass is 32.2. The van der Waals surface area contributed by atoms with E-state index in [2.05, 4.69) is 61.4 Å². The lowest BCUT2D eigenvalue weighted by molar-refractivity contribution is 0.727. The van der Waals surface area contributed by atoms with Gasteiger partial charge in [0.25, 0.3) is 0 Å². The maximum Gasteiger partial charge on any atom is 0.0462 e. The highest BCUT2D eigenvalue weighted by molar-refractivity contribution is 8.09. The molecule has 20 heavy (non-hydrogen) atoms. The Morgan fingerprint density at radius 2 is 1.90 bits per heavy atom. The van der Waals surface area contributed by atoms with Gasteiger partial charge in [-0.05, 0) is 5.75 Å². The van der Waals surface area contributed by atoms with Gasteiger partial charge in [-0.25, -0.2) is 0 Å². The van der Waals surface area contributed by atoms with Gasteiger partial charge in [0.05, 0.1) is 0 Å². The maximum atomic E-state index is 4.90. The first-order chi connectivity index (χ1) is 9.68. The number of thioether (sulfide) groups is 4. The van der Waals surface area contributed by atoms with Gasteiger partial charge in [0.15, 0.2) is 0 Å². The fourth-order valence-electron chi connectivity index (χ4n) is 1.73. The first-order valence-corrected chi connectivity index (χ1v) is 13.4. The third-order valence-corrected chi connectivity index (χ3v) is 12.1. The van der Waals surface area contributed by atoms with Gasteiger partial charge in [0.2, 0.25) is 0 Å². The molecule has 8 heteroatoms. The van der Waals surface area contributed by atoms with Crippen LogP contribution in [0.25, 0.3) is 0 Å². The van der Waals surface area contributed by atoms with Crippen LogP contribution in [-0.2, 0) is 0 Å². The summed E-state index contributed by atoms with van der Waals surface area (Å²) in [5.41, 5.74) is 0. The summed E-state index contributed by atoms with van der Waals surface area (Å²) in [6, 6.07) is 0. The molecule has 3 atom stereocenters. The minimum atomic E-state index is 0.238. The van der Waals surface area contributed by atoms with Gasteiger partial charge in [-0.1, -0.05) is 0 Å². The fourth-order valence-corrected chi connectivity index (χ4v) is 9.63. The van der Waals surface area contributed by atoms with Crippen LogP contribution in [-0.4, -0.2) is 67.0 Å². The van der Waals surface area contributed by atoms with Gasteiger partial charge in [-0.3, -0.25) is 0 Å². The Morgan fingerprint density at radius 1 is 1.15 bits per heavy atom. The van der Waals surface area contributed by atoms with Crippen LogP contribution in [0.5, 0.6) is 0 Å². The summed E-state index contributed by atoms with van der Waals surface area (Å²) in [7, 11) is 0. The molecule has 1 heterocycles. The molecule has 0 saturated carbocycles. The molecule has 0 aromatic carbocycles. The average molecular weight is 425 g/mol. The SMILES string of the molecule is SCCSCCSCC(S)C1(CS)CSC(CS)CS1. The largest absolute Gasteiger partial charge is 0.179 e. The van der Waals surface area contributed by atoms with E-state index in [1.165, 1.54) is 17.3 Å². The zero-order valence-electron chi connectivity index (χ0n) is 11.4. The Balaban J connectivity index is 2.26. The van der Waals surface area contributed by atoms with Crippen LogP contribution in [0.3, 0.4) is 0 Å². The summed E-state index contributed by atoms with van der Waals surface area (Å²) in [4.78, 5) is 0. The van der Waals surface area contributed by atoms with E-state index in [1.807, 2.05) is 23.5 Å². The highest BCUT2D eigenvalue weighted by Gasteiger charge is 2.40. The van der Waals surface area contributed by atoms with Crippen molar-refractivity contribution in [1.82, 2.24) is 0 Å². The second-order valence-corrected chi connectivity index (χ2v) is 11.4. The molecular formula is C12H24S8. The van der Waals surface area contributed by atoms with Crippen LogP contribution in [0, 0.1) is 0 Å². The second kappa shape index (κ2) is 12.2. The predicted molar refractivity (Wildman–Crippen MR) is 120 cm³/mol. The molecule has 0 nitrogen and oxygen atoms in total. The van der Waals surface area contributed by atoms with E-state index in [-0.39, 0.29) is 4.75 Å². The summed E-state index contributed by atoms with van der Waals surface area (Å²) in [5, 5.41) is 1.13. The molecule has 0 aromatic rings. The van der Waals surface area contributed by atoms with Crippen LogP contribution in [0.4, 0.5) is 0 Å². The molecule has 0 amide bonds. The first kappa shape index (κ1) is 20.8. The minimum absolute atomic E-state index is 0.238. The minimum Gasteiger partial charge on any atom is -0.179 e. The number of hydrogen-bond acceptors (Lipinski definition) is 8. The summed E-state index contributed by atoms with van der Waals surface area (Å²) < 4.78 is 0.238. The second-order valence-electron chi connectivity index (χ2n) is 4.58. The lowest BCUT2D eigenvalue weighted by Gasteiger charge is -2.41. The maximum absolute atomic E-state index is 4.90. The molecule has 3 unspecified atom stereocenters. The van der Waals surface area contributed by atoms with Crippen LogP contribution in [0.1, 0.15) is 0 Å². The van der Waals surface area contributed by atoms with Crippen molar-refractivity contribution >= 4 is 97.6 Å². The van der Waals surface area contributed by atoms with Crippen molar-refractivity contribution in [3.05, 3.63) is 0 Å². The predicted octanol–water partition coefficient (Wildman–Crippen LogP) is 4.13. The van der Waals surface area contributed by atoms with Crippen molar-refractivity contribution in [2.75, 3.05) is 51.8 Å². The first-order valence-electron chi connectivity index (χ1n) is 6.60. The molecule has 1 rings (SSSR count). The van der Waals surface area contributed by atoms with E-state index in [4.69, 9.17) is 12.6 Å². The molecule has 1 fully saturated rings. The standard InChI is InChI=1S/C12H24S8/c13-1-2-17-3-4-18-7-11(16)12(8-15)9-19-10(5-14)6-20-12/h10-11,13-16H,1-9H2. The third-order valence-electron chi connectivity index (χ3n) is 3.08. The summed E-state index contributed by atoms with van der Waals surface area (Å²) in [5.74, 6) is 9.97. The van der Waals surface area contributed by atoms with E-state index in [0.29, 0.717) is 10.5 Å². The van der Waals surface area contributed by atoms with Crippen molar-refractivity contribution in [3.8, 4) is 0 Å². The molecule has 0 aromatic heterocycles.